The van der Waals surface area contributed by atoms with Crippen LogP contribution in [0.5, 0.6) is 0 Å². The minimum Gasteiger partial charge on any atom is -0.450 e. The maximum absolute atomic E-state index is 12.8. The largest absolute Gasteiger partial charge is 0.506 e. The minimum atomic E-state index is -1.40. The second kappa shape index (κ2) is 3.71. The van der Waals surface area contributed by atoms with Crippen LogP contribution >= 0.6 is 0 Å². The highest BCUT2D eigenvalue weighted by molar-refractivity contribution is 5.56. The zero-order chi connectivity index (χ0) is 8.97. The molecule has 0 aliphatic carbocycles. The summed E-state index contributed by atoms with van der Waals surface area (Å²) in [6, 6.07) is 5.86. The number of carboxylic acid groups (broad SMARTS) is 1. The maximum Gasteiger partial charge on any atom is 0.506 e. The lowest BCUT2D eigenvalue weighted by Gasteiger charge is -2.00. The van der Waals surface area contributed by atoms with Gasteiger partial charge in [0.1, 0.15) is 12.4 Å². The van der Waals surface area contributed by atoms with Crippen LogP contribution < -0.4 is 0 Å². The van der Waals surface area contributed by atoms with E-state index in [9.17, 15) is 9.18 Å². The van der Waals surface area contributed by atoms with Gasteiger partial charge in [0.05, 0.1) is 0 Å². The fourth-order valence-electron chi connectivity index (χ4n) is 0.755. The lowest BCUT2D eigenvalue weighted by molar-refractivity contribution is 0.0845. The fourth-order valence-corrected chi connectivity index (χ4v) is 0.755. The highest BCUT2D eigenvalue weighted by atomic mass is 19.1. The SMILES string of the molecule is O=C(O)OCc1ccccc1F. The van der Waals surface area contributed by atoms with Crippen molar-refractivity contribution in [2.45, 2.75) is 6.61 Å². The van der Waals surface area contributed by atoms with E-state index in [2.05, 4.69) is 4.74 Å². The predicted octanol–water partition coefficient (Wildman–Crippen LogP) is 2.02. The molecule has 0 saturated carbocycles. The number of rotatable bonds is 2. The minimum absolute atomic E-state index is 0.236. The van der Waals surface area contributed by atoms with Gasteiger partial charge in [-0.2, -0.15) is 0 Å². The van der Waals surface area contributed by atoms with E-state index in [1.807, 2.05) is 0 Å². The number of carbonyl (C=O) groups is 1. The summed E-state index contributed by atoms with van der Waals surface area (Å²) in [6.07, 6.45) is -1.40. The van der Waals surface area contributed by atoms with E-state index in [-0.39, 0.29) is 12.2 Å². The zero-order valence-electron chi connectivity index (χ0n) is 6.16. The van der Waals surface area contributed by atoms with Gasteiger partial charge in [-0.1, -0.05) is 18.2 Å². The molecule has 0 radical (unpaired) electrons. The molecule has 4 heteroatoms. The van der Waals surface area contributed by atoms with E-state index >= 15 is 0 Å². The first-order valence-corrected chi connectivity index (χ1v) is 3.29. The first-order chi connectivity index (χ1) is 5.70. The van der Waals surface area contributed by atoms with Crippen LogP contribution in [0.4, 0.5) is 9.18 Å². The number of halogens is 1. The van der Waals surface area contributed by atoms with Crippen LogP contribution in [0.1, 0.15) is 5.56 Å². The van der Waals surface area contributed by atoms with Crippen LogP contribution in [0.3, 0.4) is 0 Å². The summed E-state index contributed by atoms with van der Waals surface area (Å²) in [5.41, 5.74) is 0.236. The summed E-state index contributed by atoms with van der Waals surface area (Å²) in [5.74, 6) is -0.459. The number of hydrogen-bond donors (Lipinski definition) is 1. The normalized spacial score (nSPS) is 9.42. The van der Waals surface area contributed by atoms with Gasteiger partial charge < -0.3 is 9.84 Å². The van der Waals surface area contributed by atoms with E-state index in [1.165, 1.54) is 18.2 Å². The van der Waals surface area contributed by atoms with E-state index in [0.717, 1.165) is 0 Å². The third-order valence-electron chi connectivity index (χ3n) is 1.31. The van der Waals surface area contributed by atoms with Crippen molar-refractivity contribution in [2.75, 3.05) is 0 Å². The molecule has 1 aromatic carbocycles. The van der Waals surface area contributed by atoms with Crippen molar-refractivity contribution in [1.82, 2.24) is 0 Å². The van der Waals surface area contributed by atoms with E-state index < -0.39 is 12.0 Å². The topological polar surface area (TPSA) is 46.5 Å². The van der Waals surface area contributed by atoms with Gasteiger partial charge in [0.25, 0.3) is 0 Å². The highest BCUT2D eigenvalue weighted by Gasteiger charge is 2.02. The van der Waals surface area contributed by atoms with E-state index in [0.29, 0.717) is 0 Å². The summed E-state index contributed by atoms with van der Waals surface area (Å²) in [6.45, 7) is -0.248. The molecule has 3 nitrogen and oxygen atoms in total. The van der Waals surface area contributed by atoms with Crippen molar-refractivity contribution in [3.8, 4) is 0 Å². The molecule has 0 atom stereocenters. The van der Waals surface area contributed by atoms with Crippen LogP contribution in [0, 0.1) is 5.82 Å². The first kappa shape index (κ1) is 8.52. The van der Waals surface area contributed by atoms with Crippen LogP contribution in [-0.4, -0.2) is 11.3 Å². The van der Waals surface area contributed by atoms with Crippen molar-refractivity contribution < 1.29 is 19.0 Å². The van der Waals surface area contributed by atoms with Gasteiger partial charge in [-0.05, 0) is 6.07 Å². The first-order valence-electron chi connectivity index (χ1n) is 3.29. The van der Waals surface area contributed by atoms with Crippen LogP contribution in [0.15, 0.2) is 24.3 Å². The smallest absolute Gasteiger partial charge is 0.450 e. The average molecular weight is 170 g/mol. The second-order valence-corrected chi connectivity index (χ2v) is 2.15. The maximum atomic E-state index is 12.8. The third kappa shape index (κ3) is 2.23. The summed E-state index contributed by atoms with van der Waals surface area (Å²) < 4.78 is 17.0. The number of hydrogen-bond acceptors (Lipinski definition) is 2. The zero-order valence-corrected chi connectivity index (χ0v) is 6.16. The molecule has 1 aromatic rings. The average Bonchev–Trinajstić information content (AvgIpc) is 2.03. The quantitative estimate of drug-likeness (QED) is 0.690. The third-order valence-corrected chi connectivity index (χ3v) is 1.31. The Hall–Kier alpha value is -1.58. The van der Waals surface area contributed by atoms with Crippen molar-refractivity contribution in [2.24, 2.45) is 0 Å². The van der Waals surface area contributed by atoms with Gasteiger partial charge in [-0.25, -0.2) is 9.18 Å². The number of benzene rings is 1. The predicted molar refractivity (Wildman–Crippen MR) is 39.2 cm³/mol. The van der Waals surface area contributed by atoms with Gasteiger partial charge >= 0.3 is 6.16 Å². The lowest BCUT2D eigenvalue weighted by atomic mass is 10.2. The monoisotopic (exact) mass is 170 g/mol. The Labute approximate surface area is 68.4 Å². The molecule has 0 aliphatic heterocycles. The summed E-state index contributed by atoms with van der Waals surface area (Å²) in [7, 11) is 0. The Kier molecular flexibility index (Phi) is 2.63. The fraction of sp³-hybridized carbons (Fsp3) is 0.125. The molecular weight excluding hydrogens is 163 g/mol. The molecular formula is C8H7FO3. The molecule has 64 valence electrons. The van der Waals surface area contributed by atoms with Gasteiger partial charge in [0, 0.05) is 5.56 Å². The Bertz CT molecular complexity index is 285. The molecule has 0 bridgehead atoms. The van der Waals surface area contributed by atoms with E-state index in [1.54, 1.807) is 6.07 Å². The molecule has 0 amide bonds. The molecule has 0 aromatic heterocycles. The van der Waals surface area contributed by atoms with Gasteiger partial charge in [0.15, 0.2) is 0 Å². The van der Waals surface area contributed by atoms with Crippen LogP contribution in [0.2, 0.25) is 0 Å². The second-order valence-electron chi connectivity index (χ2n) is 2.15. The van der Waals surface area contributed by atoms with Crippen molar-refractivity contribution in [3.63, 3.8) is 0 Å². The summed E-state index contributed by atoms with van der Waals surface area (Å²) >= 11 is 0. The van der Waals surface area contributed by atoms with Crippen LogP contribution in [0.25, 0.3) is 0 Å². The number of ether oxygens (including phenoxy) is 1. The molecule has 1 rings (SSSR count). The Morgan fingerprint density at radius 3 is 2.75 bits per heavy atom. The molecule has 0 heterocycles. The molecule has 0 spiro atoms. The highest BCUT2D eigenvalue weighted by Crippen LogP contribution is 2.07. The Morgan fingerprint density at radius 1 is 1.50 bits per heavy atom. The molecule has 0 unspecified atom stereocenters. The lowest BCUT2D eigenvalue weighted by Crippen LogP contribution is -2.01. The standard InChI is InChI=1S/C8H7FO3/c9-7-4-2-1-3-6(7)5-12-8(10)11/h1-4H,5H2,(H,10,11). The Morgan fingerprint density at radius 2 is 2.17 bits per heavy atom. The van der Waals surface area contributed by atoms with E-state index in [4.69, 9.17) is 5.11 Å². The molecule has 0 fully saturated rings. The molecule has 12 heavy (non-hydrogen) atoms. The van der Waals surface area contributed by atoms with Gasteiger partial charge in [-0.15, -0.1) is 0 Å². The van der Waals surface area contributed by atoms with Crippen molar-refractivity contribution in [3.05, 3.63) is 35.6 Å². The Balaban J connectivity index is 2.63. The molecule has 0 saturated heterocycles. The van der Waals surface area contributed by atoms with Gasteiger partial charge in [0.2, 0.25) is 0 Å². The van der Waals surface area contributed by atoms with Gasteiger partial charge in [-0.3, -0.25) is 0 Å². The van der Waals surface area contributed by atoms with Crippen molar-refractivity contribution >= 4 is 6.16 Å². The van der Waals surface area contributed by atoms with Crippen LogP contribution in [-0.2, 0) is 11.3 Å². The summed E-state index contributed by atoms with van der Waals surface area (Å²) in [5, 5.41) is 8.12. The van der Waals surface area contributed by atoms with Crippen molar-refractivity contribution in [1.29, 1.82) is 0 Å². The molecule has 1 N–H and O–H groups in total. The summed E-state index contributed by atoms with van der Waals surface area (Å²) in [4.78, 5) is 9.94. The molecule has 0 aliphatic rings.